The zero-order valence-electron chi connectivity index (χ0n) is 22.2. The minimum absolute atomic E-state index is 0.0190. The first-order valence-corrected chi connectivity index (χ1v) is 15.0. The van der Waals surface area contributed by atoms with Gasteiger partial charge in [0.05, 0.1) is 11.4 Å². The summed E-state index contributed by atoms with van der Waals surface area (Å²) >= 11 is 0. The molecule has 0 spiro atoms. The van der Waals surface area contributed by atoms with Gasteiger partial charge < -0.3 is 9.47 Å². The third-order valence-corrected chi connectivity index (χ3v) is 9.49. The molecular formula is C31H31FN4O3S. The number of hydrogen-bond donors (Lipinski definition) is 1. The van der Waals surface area contributed by atoms with Crippen LogP contribution < -0.4 is 9.62 Å². The van der Waals surface area contributed by atoms with Crippen molar-refractivity contribution in [1.82, 2.24) is 14.3 Å². The van der Waals surface area contributed by atoms with Crippen molar-refractivity contribution in [3.05, 3.63) is 114 Å². The van der Waals surface area contributed by atoms with Crippen LogP contribution in [0.1, 0.15) is 53.7 Å². The maximum absolute atomic E-state index is 14.0. The molecular weight excluding hydrogens is 527 g/mol. The molecule has 2 aliphatic rings. The summed E-state index contributed by atoms with van der Waals surface area (Å²) < 4.78 is 44.6. The number of fused-ring (bicyclic) bond motifs is 1. The minimum Gasteiger partial charge on any atom is -0.337 e. The number of halogens is 1. The van der Waals surface area contributed by atoms with Gasteiger partial charge in [-0.15, -0.1) is 0 Å². The van der Waals surface area contributed by atoms with E-state index in [-0.39, 0.29) is 35.0 Å². The van der Waals surface area contributed by atoms with Crippen molar-refractivity contribution in [3.8, 4) is 0 Å². The number of carbonyl (C=O) groups is 1. The van der Waals surface area contributed by atoms with Gasteiger partial charge >= 0.3 is 0 Å². The number of anilines is 1. The Morgan fingerprint density at radius 2 is 1.88 bits per heavy atom. The van der Waals surface area contributed by atoms with E-state index in [0.29, 0.717) is 18.5 Å². The molecule has 3 atom stereocenters. The van der Waals surface area contributed by atoms with Crippen LogP contribution in [0, 0.1) is 11.7 Å². The Kier molecular flexibility index (Phi) is 7.02. The minimum atomic E-state index is -3.71. The summed E-state index contributed by atoms with van der Waals surface area (Å²) in [6, 6.07) is 20.3. The molecule has 2 aliphatic carbocycles. The monoisotopic (exact) mass is 558 g/mol. The van der Waals surface area contributed by atoms with E-state index >= 15 is 0 Å². The first-order valence-electron chi connectivity index (χ1n) is 13.5. The van der Waals surface area contributed by atoms with Gasteiger partial charge in [-0.25, -0.2) is 22.5 Å². The standard InChI is InChI=1S/C31H31FN4O3S/c1-35-17-16-33-30(35)20-36(31(37)28-19-26(28)22-10-13-23(32)14-11-22)24-15-12-21-6-5-9-29(27(21)18-24)34-40(38,39)25-7-3-2-4-8-25/h2-4,7-8,10-18,26,28-29,34H,5-6,9,19-20H2,1H3/t26-,28-,29+/m0/s1. The number of hydrogen-bond acceptors (Lipinski definition) is 4. The van der Waals surface area contributed by atoms with E-state index < -0.39 is 16.1 Å². The number of nitrogens with zero attached hydrogens (tertiary/aromatic N) is 3. The zero-order chi connectivity index (χ0) is 27.9. The lowest BCUT2D eigenvalue weighted by molar-refractivity contribution is -0.120. The van der Waals surface area contributed by atoms with Gasteiger partial charge in [0.25, 0.3) is 0 Å². The van der Waals surface area contributed by atoms with Crippen LogP contribution >= 0.6 is 0 Å². The highest BCUT2D eigenvalue weighted by atomic mass is 32.2. The van der Waals surface area contributed by atoms with E-state index in [2.05, 4.69) is 9.71 Å². The fraction of sp³-hybridized carbons (Fsp3) is 0.290. The number of sulfonamides is 1. The number of aryl methyl sites for hydroxylation is 2. The lowest BCUT2D eigenvalue weighted by Gasteiger charge is -2.29. The molecule has 0 saturated heterocycles. The van der Waals surface area contributed by atoms with Crippen LogP contribution in [0.15, 0.2) is 90.1 Å². The molecule has 4 aromatic rings. The molecule has 1 heterocycles. The molecule has 6 rings (SSSR count). The van der Waals surface area contributed by atoms with Crippen LogP contribution in [0.5, 0.6) is 0 Å². The average Bonchev–Trinajstić information content (AvgIpc) is 3.66. The third kappa shape index (κ3) is 5.31. The summed E-state index contributed by atoms with van der Waals surface area (Å²) in [5.74, 6) is 0.255. The number of aromatic nitrogens is 2. The van der Waals surface area contributed by atoms with Gasteiger partial charge in [0.1, 0.15) is 11.6 Å². The Labute approximate surface area is 233 Å². The number of amides is 1. The van der Waals surface area contributed by atoms with Crippen molar-refractivity contribution in [2.75, 3.05) is 4.90 Å². The molecule has 1 saturated carbocycles. The number of carbonyl (C=O) groups excluding carboxylic acids is 1. The highest BCUT2D eigenvalue weighted by Crippen LogP contribution is 2.49. The second-order valence-electron chi connectivity index (χ2n) is 10.6. The van der Waals surface area contributed by atoms with E-state index in [1.54, 1.807) is 53.6 Å². The highest BCUT2D eigenvalue weighted by molar-refractivity contribution is 7.89. The first kappa shape index (κ1) is 26.4. The Morgan fingerprint density at radius 1 is 1.10 bits per heavy atom. The van der Waals surface area contributed by atoms with Crippen LogP contribution in [-0.4, -0.2) is 23.9 Å². The number of benzene rings is 3. The van der Waals surface area contributed by atoms with E-state index in [9.17, 15) is 17.6 Å². The maximum atomic E-state index is 14.0. The van der Waals surface area contributed by atoms with Crippen molar-refractivity contribution in [3.63, 3.8) is 0 Å². The van der Waals surface area contributed by atoms with Crippen LogP contribution in [0.3, 0.4) is 0 Å². The average molecular weight is 559 g/mol. The number of nitrogens with one attached hydrogen (secondary N) is 1. The molecule has 206 valence electrons. The van der Waals surface area contributed by atoms with Crippen LogP contribution in [0.4, 0.5) is 10.1 Å². The molecule has 9 heteroatoms. The molecule has 0 aliphatic heterocycles. The lowest BCUT2D eigenvalue weighted by atomic mass is 9.87. The Hall–Kier alpha value is -3.82. The third-order valence-electron chi connectivity index (χ3n) is 8.00. The summed E-state index contributed by atoms with van der Waals surface area (Å²) in [6.07, 6.45) is 6.64. The number of rotatable bonds is 8. The van der Waals surface area contributed by atoms with E-state index in [4.69, 9.17) is 0 Å². The van der Waals surface area contributed by atoms with Crippen LogP contribution in [-0.2, 0) is 34.8 Å². The smallest absolute Gasteiger partial charge is 0.241 e. The van der Waals surface area contributed by atoms with Gasteiger partial charge in [-0.1, -0.05) is 36.4 Å². The summed E-state index contributed by atoms with van der Waals surface area (Å²) in [5, 5.41) is 0. The Balaban J connectivity index is 1.31. The molecule has 40 heavy (non-hydrogen) atoms. The van der Waals surface area contributed by atoms with Gasteiger partial charge in [-0.2, -0.15) is 0 Å². The molecule has 1 fully saturated rings. The van der Waals surface area contributed by atoms with E-state index in [1.165, 1.54) is 12.1 Å². The predicted octanol–water partition coefficient (Wildman–Crippen LogP) is 5.25. The fourth-order valence-corrected chi connectivity index (χ4v) is 6.94. The molecule has 0 unspecified atom stereocenters. The SMILES string of the molecule is Cn1ccnc1CN(C(=O)[C@H]1C[C@H]1c1ccc(F)cc1)c1ccc2c(c1)[C@H](NS(=O)(=O)c1ccccc1)CCC2. The van der Waals surface area contributed by atoms with Crippen molar-refractivity contribution >= 4 is 21.6 Å². The highest BCUT2D eigenvalue weighted by Gasteiger charge is 2.46. The molecule has 1 N–H and O–H groups in total. The topological polar surface area (TPSA) is 84.3 Å². The van der Waals surface area contributed by atoms with E-state index in [0.717, 1.165) is 35.4 Å². The van der Waals surface area contributed by atoms with Crippen molar-refractivity contribution in [2.24, 2.45) is 13.0 Å². The van der Waals surface area contributed by atoms with Gasteiger partial charge in [0, 0.05) is 37.1 Å². The van der Waals surface area contributed by atoms with Gasteiger partial charge in [0.2, 0.25) is 15.9 Å². The first-order chi connectivity index (χ1) is 19.3. The van der Waals surface area contributed by atoms with Crippen molar-refractivity contribution < 1.29 is 17.6 Å². The van der Waals surface area contributed by atoms with Crippen molar-refractivity contribution in [1.29, 1.82) is 0 Å². The molecule has 3 aromatic carbocycles. The normalized spacial score (nSPS) is 20.1. The second-order valence-corrected chi connectivity index (χ2v) is 12.4. The molecule has 7 nitrogen and oxygen atoms in total. The van der Waals surface area contributed by atoms with Gasteiger partial charge in [-0.3, -0.25) is 4.79 Å². The Morgan fingerprint density at radius 3 is 2.60 bits per heavy atom. The Bertz CT molecular complexity index is 1640. The van der Waals surface area contributed by atoms with Crippen molar-refractivity contribution in [2.45, 2.75) is 49.1 Å². The largest absolute Gasteiger partial charge is 0.337 e. The quantitative estimate of drug-likeness (QED) is 0.320. The predicted molar refractivity (Wildman–Crippen MR) is 151 cm³/mol. The second kappa shape index (κ2) is 10.6. The van der Waals surface area contributed by atoms with Crippen LogP contribution in [0.2, 0.25) is 0 Å². The summed E-state index contributed by atoms with van der Waals surface area (Å²) in [5.41, 5.74) is 3.64. The summed E-state index contributed by atoms with van der Waals surface area (Å²) in [6.45, 7) is 0.286. The van der Waals surface area contributed by atoms with E-state index in [1.807, 2.05) is 36.0 Å². The van der Waals surface area contributed by atoms with Gasteiger partial charge in [-0.05, 0) is 84.7 Å². The molecule has 1 aromatic heterocycles. The number of imidazole rings is 1. The lowest BCUT2D eigenvalue weighted by Crippen LogP contribution is -2.34. The zero-order valence-corrected chi connectivity index (χ0v) is 23.0. The molecule has 0 bridgehead atoms. The van der Waals surface area contributed by atoms with Gasteiger partial charge in [0.15, 0.2) is 0 Å². The fourth-order valence-electron chi connectivity index (χ4n) is 5.66. The maximum Gasteiger partial charge on any atom is 0.241 e. The summed E-state index contributed by atoms with van der Waals surface area (Å²) in [7, 11) is -1.82. The molecule has 0 radical (unpaired) electrons. The molecule has 1 amide bonds. The summed E-state index contributed by atoms with van der Waals surface area (Å²) in [4.78, 5) is 20.4. The van der Waals surface area contributed by atoms with Crippen LogP contribution in [0.25, 0.3) is 0 Å².